The second kappa shape index (κ2) is 7.09. The standard InChI is InChI=1S/C16H20N2O4/c1-11-4-3-5-13-16(11)12(9-17-13)8-14(19)18(6-7-22-2)10-15(20)21/h3-5,9,17H,6-8,10H2,1-2H3,(H,20,21). The fraction of sp³-hybridized carbons (Fsp3) is 0.375. The second-order valence-electron chi connectivity index (χ2n) is 5.19. The van der Waals surface area contributed by atoms with E-state index < -0.39 is 5.97 Å². The summed E-state index contributed by atoms with van der Waals surface area (Å²) >= 11 is 0. The quantitative estimate of drug-likeness (QED) is 0.813. The van der Waals surface area contributed by atoms with Crippen LogP contribution in [0.5, 0.6) is 0 Å². The first-order valence-corrected chi connectivity index (χ1v) is 7.07. The summed E-state index contributed by atoms with van der Waals surface area (Å²) in [6, 6.07) is 5.90. The van der Waals surface area contributed by atoms with E-state index in [-0.39, 0.29) is 25.4 Å². The minimum absolute atomic E-state index is 0.168. The zero-order chi connectivity index (χ0) is 16.1. The zero-order valence-corrected chi connectivity index (χ0v) is 12.8. The molecular formula is C16H20N2O4. The lowest BCUT2D eigenvalue weighted by atomic mass is 10.0. The number of hydrogen-bond acceptors (Lipinski definition) is 3. The summed E-state index contributed by atoms with van der Waals surface area (Å²) in [5, 5.41) is 9.96. The topological polar surface area (TPSA) is 82.6 Å². The lowest BCUT2D eigenvalue weighted by Crippen LogP contribution is -2.38. The number of methoxy groups -OCH3 is 1. The second-order valence-corrected chi connectivity index (χ2v) is 5.19. The van der Waals surface area contributed by atoms with Gasteiger partial charge in [-0.05, 0) is 24.1 Å². The van der Waals surface area contributed by atoms with Crippen LogP contribution in [0, 0.1) is 6.92 Å². The molecule has 2 N–H and O–H groups in total. The van der Waals surface area contributed by atoms with Crippen molar-refractivity contribution in [1.29, 1.82) is 0 Å². The van der Waals surface area contributed by atoms with Crippen molar-refractivity contribution in [2.24, 2.45) is 0 Å². The van der Waals surface area contributed by atoms with Gasteiger partial charge in [0.2, 0.25) is 5.91 Å². The summed E-state index contributed by atoms with van der Waals surface area (Å²) in [6.07, 6.45) is 1.98. The van der Waals surface area contributed by atoms with E-state index in [4.69, 9.17) is 9.84 Å². The molecule has 1 aromatic heterocycles. The average molecular weight is 304 g/mol. The van der Waals surface area contributed by atoms with Crippen LogP contribution in [0.3, 0.4) is 0 Å². The van der Waals surface area contributed by atoms with Gasteiger partial charge in [-0.15, -0.1) is 0 Å². The smallest absolute Gasteiger partial charge is 0.323 e. The fourth-order valence-electron chi connectivity index (χ4n) is 2.52. The maximum atomic E-state index is 12.4. The van der Waals surface area contributed by atoms with Gasteiger partial charge in [-0.1, -0.05) is 12.1 Å². The van der Waals surface area contributed by atoms with E-state index in [0.717, 1.165) is 22.0 Å². The molecule has 0 radical (unpaired) electrons. The molecule has 22 heavy (non-hydrogen) atoms. The van der Waals surface area contributed by atoms with Crippen LogP contribution in [0.4, 0.5) is 0 Å². The summed E-state index contributed by atoms with van der Waals surface area (Å²) in [6.45, 7) is 2.25. The average Bonchev–Trinajstić information content (AvgIpc) is 2.87. The fourth-order valence-corrected chi connectivity index (χ4v) is 2.52. The Balaban J connectivity index is 2.18. The van der Waals surface area contributed by atoms with Gasteiger partial charge in [-0.3, -0.25) is 9.59 Å². The molecule has 0 atom stereocenters. The first kappa shape index (κ1) is 16.0. The van der Waals surface area contributed by atoms with E-state index >= 15 is 0 Å². The number of aliphatic carboxylic acids is 1. The van der Waals surface area contributed by atoms with Crippen LogP contribution >= 0.6 is 0 Å². The number of nitrogens with one attached hydrogen (secondary N) is 1. The molecule has 0 unspecified atom stereocenters. The molecule has 0 aliphatic carbocycles. The molecular weight excluding hydrogens is 284 g/mol. The van der Waals surface area contributed by atoms with Gasteiger partial charge >= 0.3 is 5.97 Å². The molecule has 118 valence electrons. The lowest BCUT2D eigenvalue weighted by molar-refractivity contribution is -0.144. The Morgan fingerprint density at radius 3 is 2.82 bits per heavy atom. The highest BCUT2D eigenvalue weighted by Gasteiger charge is 2.18. The molecule has 6 heteroatoms. The summed E-state index contributed by atoms with van der Waals surface area (Å²) < 4.78 is 4.94. The van der Waals surface area contributed by atoms with Crippen molar-refractivity contribution in [3.8, 4) is 0 Å². The number of amides is 1. The van der Waals surface area contributed by atoms with Gasteiger partial charge in [-0.2, -0.15) is 0 Å². The minimum atomic E-state index is -1.03. The van der Waals surface area contributed by atoms with Crippen molar-refractivity contribution in [2.75, 3.05) is 26.8 Å². The molecule has 2 rings (SSSR count). The molecule has 2 aromatic rings. The Hall–Kier alpha value is -2.34. The Morgan fingerprint density at radius 1 is 1.36 bits per heavy atom. The number of hydrogen-bond donors (Lipinski definition) is 2. The molecule has 1 amide bonds. The number of aromatic nitrogens is 1. The molecule has 1 heterocycles. The molecule has 0 aliphatic heterocycles. The Morgan fingerprint density at radius 2 is 2.14 bits per heavy atom. The minimum Gasteiger partial charge on any atom is -0.480 e. The van der Waals surface area contributed by atoms with Gasteiger partial charge in [0.15, 0.2) is 0 Å². The van der Waals surface area contributed by atoms with E-state index in [9.17, 15) is 9.59 Å². The molecule has 0 saturated carbocycles. The number of rotatable bonds is 7. The van der Waals surface area contributed by atoms with Crippen molar-refractivity contribution in [1.82, 2.24) is 9.88 Å². The summed E-state index contributed by atoms with van der Waals surface area (Å²) in [5.41, 5.74) is 2.94. The van der Waals surface area contributed by atoms with Crippen molar-refractivity contribution in [2.45, 2.75) is 13.3 Å². The molecule has 6 nitrogen and oxygen atoms in total. The van der Waals surface area contributed by atoms with E-state index in [0.29, 0.717) is 6.61 Å². The maximum Gasteiger partial charge on any atom is 0.323 e. The van der Waals surface area contributed by atoms with Crippen LogP contribution in [0.15, 0.2) is 24.4 Å². The number of ether oxygens (including phenoxy) is 1. The molecule has 1 aromatic carbocycles. The highest BCUT2D eigenvalue weighted by Crippen LogP contribution is 2.22. The predicted octanol–water partition coefficient (Wildman–Crippen LogP) is 1.58. The molecule has 0 saturated heterocycles. The molecule has 0 bridgehead atoms. The van der Waals surface area contributed by atoms with Crippen LogP contribution in [0.1, 0.15) is 11.1 Å². The number of nitrogens with zero attached hydrogens (tertiary/aromatic N) is 1. The molecule has 0 fully saturated rings. The summed E-state index contributed by atoms with van der Waals surface area (Å²) in [4.78, 5) is 27.8. The van der Waals surface area contributed by atoms with E-state index in [1.807, 2.05) is 31.3 Å². The normalized spacial score (nSPS) is 10.8. The van der Waals surface area contributed by atoms with Crippen molar-refractivity contribution in [3.63, 3.8) is 0 Å². The third kappa shape index (κ3) is 3.65. The van der Waals surface area contributed by atoms with Crippen LogP contribution in [0.2, 0.25) is 0 Å². The lowest BCUT2D eigenvalue weighted by Gasteiger charge is -2.20. The molecule has 0 spiro atoms. The number of H-pyrrole nitrogens is 1. The van der Waals surface area contributed by atoms with Crippen LogP contribution in [-0.4, -0.2) is 53.7 Å². The Labute approximate surface area is 128 Å². The van der Waals surface area contributed by atoms with E-state index in [2.05, 4.69) is 4.98 Å². The van der Waals surface area contributed by atoms with E-state index in [1.54, 1.807) is 0 Å². The number of carboxylic acid groups (broad SMARTS) is 1. The number of aryl methyl sites for hydroxylation is 1. The van der Waals surface area contributed by atoms with Crippen LogP contribution in [-0.2, 0) is 20.7 Å². The Kier molecular flexibility index (Phi) is 5.16. The number of carbonyl (C=O) groups excluding carboxylic acids is 1. The van der Waals surface area contributed by atoms with Crippen molar-refractivity contribution >= 4 is 22.8 Å². The van der Waals surface area contributed by atoms with Gasteiger partial charge < -0.3 is 19.7 Å². The third-order valence-electron chi connectivity index (χ3n) is 3.58. The van der Waals surface area contributed by atoms with Gasteiger partial charge in [-0.25, -0.2) is 0 Å². The van der Waals surface area contributed by atoms with Gasteiger partial charge in [0.05, 0.1) is 13.0 Å². The largest absolute Gasteiger partial charge is 0.480 e. The van der Waals surface area contributed by atoms with Gasteiger partial charge in [0.25, 0.3) is 0 Å². The number of aromatic amines is 1. The molecule has 0 aliphatic rings. The van der Waals surface area contributed by atoms with E-state index in [1.165, 1.54) is 12.0 Å². The first-order valence-electron chi connectivity index (χ1n) is 7.07. The van der Waals surface area contributed by atoms with Crippen molar-refractivity contribution < 1.29 is 19.4 Å². The maximum absolute atomic E-state index is 12.4. The van der Waals surface area contributed by atoms with Crippen LogP contribution < -0.4 is 0 Å². The predicted molar refractivity (Wildman–Crippen MR) is 82.8 cm³/mol. The number of benzene rings is 1. The van der Waals surface area contributed by atoms with Gasteiger partial charge in [0, 0.05) is 30.8 Å². The highest BCUT2D eigenvalue weighted by atomic mass is 16.5. The van der Waals surface area contributed by atoms with Crippen molar-refractivity contribution in [3.05, 3.63) is 35.5 Å². The summed E-state index contributed by atoms with van der Waals surface area (Å²) in [7, 11) is 1.52. The summed E-state index contributed by atoms with van der Waals surface area (Å²) in [5.74, 6) is -1.25. The number of carbonyl (C=O) groups is 2. The SMILES string of the molecule is COCCN(CC(=O)O)C(=O)Cc1c[nH]c2cccc(C)c12. The number of fused-ring (bicyclic) bond motifs is 1. The Bertz CT molecular complexity index is 678. The zero-order valence-electron chi connectivity index (χ0n) is 12.8. The highest BCUT2D eigenvalue weighted by molar-refractivity contribution is 5.91. The third-order valence-corrected chi connectivity index (χ3v) is 3.58. The van der Waals surface area contributed by atoms with Crippen LogP contribution in [0.25, 0.3) is 10.9 Å². The monoisotopic (exact) mass is 304 g/mol. The van der Waals surface area contributed by atoms with Gasteiger partial charge in [0.1, 0.15) is 6.54 Å². The number of carboxylic acids is 1. The first-order chi connectivity index (χ1) is 10.5.